The fraction of sp³-hybridized carbons (Fsp3) is 0.824. The quantitative estimate of drug-likeness (QED) is 0.349. The molecule has 0 amide bonds. The Kier molecular flexibility index (Phi) is 8.41. The van der Waals surface area contributed by atoms with Crippen LogP contribution in [-0.4, -0.2) is 64.4 Å². The van der Waals surface area contributed by atoms with Gasteiger partial charge in [0, 0.05) is 45.2 Å². The summed E-state index contributed by atoms with van der Waals surface area (Å²) < 4.78 is 2.10. The molecule has 1 saturated heterocycles. The Labute approximate surface area is 168 Å². The lowest BCUT2D eigenvalue weighted by Gasteiger charge is -2.15. The van der Waals surface area contributed by atoms with Crippen molar-refractivity contribution in [1.82, 2.24) is 30.3 Å². The Morgan fingerprint density at radius 2 is 2.12 bits per heavy atom. The molecular formula is C17H32IN7. The summed E-state index contributed by atoms with van der Waals surface area (Å²) in [5, 5.41) is 14.9. The highest BCUT2D eigenvalue weighted by molar-refractivity contribution is 14.0. The second-order valence-electron chi connectivity index (χ2n) is 6.82. The zero-order valence-electron chi connectivity index (χ0n) is 15.4. The first-order chi connectivity index (χ1) is 11.8. The van der Waals surface area contributed by atoms with Crippen LogP contribution in [0, 0.1) is 5.92 Å². The summed E-state index contributed by atoms with van der Waals surface area (Å²) in [7, 11) is 0. The minimum absolute atomic E-state index is 0. The Bertz CT molecular complexity index is 541. The highest BCUT2D eigenvalue weighted by Gasteiger charge is 2.34. The van der Waals surface area contributed by atoms with Crippen LogP contribution in [0.3, 0.4) is 0 Å². The molecule has 1 aromatic heterocycles. The summed E-state index contributed by atoms with van der Waals surface area (Å²) in [5.41, 5.74) is 0. The van der Waals surface area contributed by atoms with E-state index < -0.39 is 0 Å². The van der Waals surface area contributed by atoms with Gasteiger partial charge in [0.05, 0.1) is 0 Å². The average molecular weight is 461 g/mol. The Morgan fingerprint density at radius 3 is 2.84 bits per heavy atom. The smallest absolute Gasteiger partial charge is 0.191 e. The van der Waals surface area contributed by atoms with E-state index in [1.807, 2.05) is 0 Å². The summed E-state index contributed by atoms with van der Waals surface area (Å²) in [6, 6.07) is 0.891. The van der Waals surface area contributed by atoms with Crippen LogP contribution in [0.2, 0.25) is 0 Å². The first-order valence-corrected chi connectivity index (χ1v) is 9.43. The Balaban J connectivity index is 0.00000225. The number of likely N-dealkylation sites (tertiary alicyclic amines) is 1. The maximum Gasteiger partial charge on any atom is 0.191 e. The molecule has 142 valence electrons. The molecule has 2 N–H and O–H groups in total. The number of aliphatic imine (C=N–C) groups is 1. The lowest BCUT2D eigenvalue weighted by Crippen LogP contribution is -2.39. The highest BCUT2D eigenvalue weighted by Crippen LogP contribution is 2.31. The van der Waals surface area contributed by atoms with Crippen LogP contribution in [0.4, 0.5) is 0 Å². The van der Waals surface area contributed by atoms with Crippen LogP contribution in [0.1, 0.15) is 38.9 Å². The van der Waals surface area contributed by atoms with Crippen LogP contribution in [0.5, 0.6) is 0 Å². The second kappa shape index (κ2) is 10.3. The van der Waals surface area contributed by atoms with Gasteiger partial charge in [0.1, 0.15) is 12.2 Å². The maximum absolute atomic E-state index is 4.80. The molecule has 7 nitrogen and oxygen atoms in total. The molecule has 1 aromatic rings. The molecule has 1 atom stereocenters. The third-order valence-corrected chi connectivity index (χ3v) is 4.89. The van der Waals surface area contributed by atoms with E-state index in [4.69, 9.17) is 4.99 Å². The van der Waals surface area contributed by atoms with Gasteiger partial charge in [-0.1, -0.05) is 6.92 Å². The lowest BCUT2D eigenvalue weighted by molar-refractivity contribution is 0.315. The number of hydrogen-bond donors (Lipinski definition) is 2. The van der Waals surface area contributed by atoms with Crippen molar-refractivity contribution in [2.24, 2.45) is 10.9 Å². The zero-order valence-corrected chi connectivity index (χ0v) is 17.8. The first kappa shape index (κ1) is 20.4. The largest absolute Gasteiger partial charge is 0.357 e. The van der Waals surface area contributed by atoms with E-state index in [1.54, 1.807) is 6.33 Å². The number of nitrogens with zero attached hydrogens (tertiary/aromatic N) is 5. The molecule has 0 aromatic carbocycles. The third-order valence-electron chi connectivity index (χ3n) is 4.89. The molecule has 1 saturated carbocycles. The molecule has 3 rings (SSSR count). The number of halogens is 1. The first-order valence-electron chi connectivity index (χ1n) is 9.43. The fourth-order valence-electron chi connectivity index (χ4n) is 3.38. The van der Waals surface area contributed by atoms with E-state index in [0.717, 1.165) is 50.4 Å². The van der Waals surface area contributed by atoms with E-state index in [2.05, 4.69) is 44.1 Å². The molecular weight excluding hydrogens is 429 g/mol. The molecule has 0 bridgehead atoms. The van der Waals surface area contributed by atoms with Crippen LogP contribution < -0.4 is 10.6 Å². The molecule has 8 heteroatoms. The van der Waals surface area contributed by atoms with Crippen molar-refractivity contribution in [3.05, 3.63) is 12.2 Å². The van der Waals surface area contributed by atoms with Gasteiger partial charge in [-0.15, -0.1) is 34.2 Å². The van der Waals surface area contributed by atoms with Crippen LogP contribution >= 0.6 is 24.0 Å². The van der Waals surface area contributed by atoms with E-state index in [-0.39, 0.29) is 24.0 Å². The summed E-state index contributed by atoms with van der Waals surface area (Å²) in [5.74, 6) is 2.67. The maximum atomic E-state index is 4.80. The summed E-state index contributed by atoms with van der Waals surface area (Å²) in [6.45, 7) is 10.2. The van der Waals surface area contributed by atoms with Crippen molar-refractivity contribution >= 4 is 29.9 Å². The molecule has 25 heavy (non-hydrogen) atoms. The van der Waals surface area contributed by atoms with Crippen LogP contribution in [0.15, 0.2) is 11.3 Å². The average Bonchev–Trinajstić information content (AvgIpc) is 3.16. The minimum Gasteiger partial charge on any atom is -0.357 e. The molecule has 2 aliphatic rings. The van der Waals surface area contributed by atoms with Gasteiger partial charge in [-0.25, -0.2) is 0 Å². The van der Waals surface area contributed by atoms with Crippen LogP contribution in [0.25, 0.3) is 0 Å². The molecule has 2 fully saturated rings. The van der Waals surface area contributed by atoms with E-state index >= 15 is 0 Å². The van der Waals surface area contributed by atoms with Crippen molar-refractivity contribution in [3.63, 3.8) is 0 Å². The second-order valence-corrected chi connectivity index (χ2v) is 6.82. The lowest BCUT2D eigenvalue weighted by atomic mass is 10.1. The summed E-state index contributed by atoms with van der Waals surface area (Å²) in [4.78, 5) is 7.45. The SMILES string of the molecule is CCNC(=NCC1CCN(C2CC2)C1)NCCn1cnnc1CC.I. The normalized spacial score (nSPS) is 21.2. The number of rotatable bonds is 8. The van der Waals surface area contributed by atoms with Gasteiger partial charge in [0.2, 0.25) is 0 Å². The number of aromatic nitrogens is 3. The molecule has 1 unspecified atom stereocenters. The van der Waals surface area contributed by atoms with Crippen molar-refractivity contribution < 1.29 is 0 Å². The van der Waals surface area contributed by atoms with E-state index in [1.165, 1.54) is 32.4 Å². The summed E-state index contributed by atoms with van der Waals surface area (Å²) in [6.07, 6.45) is 6.81. The zero-order chi connectivity index (χ0) is 16.8. The van der Waals surface area contributed by atoms with Gasteiger partial charge in [-0.2, -0.15) is 0 Å². The van der Waals surface area contributed by atoms with Crippen molar-refractivity contribution in [1.29, 1.82) is 0 Å². The van der Waals surface area contributed by atoms with Gasteiger partial charge in [-0.05, 0) is 38.6 Å². The molecule has 0 radical (unpaired) electrons. The monoisotopic (exact) mass is 461 g/mol. The van der Waals surface area contributed by atoms with Crippen LogP contribution in [-0.2, 0) is 13.0 Å². The topological polar surface area (TPSA) is 70.4 Å². The number of guanidine groups is 1. The molecule has 0 spiro atoms. The fourth-order valence-corrected chi connectivity index (χ4v) is 3.38. The van der Waals surface area contributed by atoms with Gasteiger partial charge in [0.25, 0.3) is 0 Å². The third kappa shape index (κ3) is 6.09. The van der Waals surface area contributed by atoms with E-state index in [9.17, 15) is 0 Å². The van der Waals surface area contributed by atoms with Crippen molar-refractivity contribution in [2.75, 3.05) is 32.7 Å². The number of aryl methyl sites for hydroxylation is 1. The Hall–Kier alpha value is -0.900. The summed E-state index contributed by atoms with van der Waals surface area (Å²) >= 11 is 0. The molecule has 2 heterocycles. The predicted octanol–water partition coefficient (Wildman–Crippen LogP) is 1.50. The van der Waals surface area contributed by atoms with E-state index in [0.29, 0.717) is 5.92 Å². The highest BCUT2D eigenvalue weighted by atomic mass is 127. The van der Waals surface area contributed by atoms with Gasteiger partial charge < -0.3 is 20.1 Å². The Morgan fingerprint density at radius 1 is 1.28 bits per heavy atom. The predicted molar refractivity (Wildman–Crippen MR) is 111 cm³/mol. The number of nitrogens with one attached hydrogen (secondary N) is 2. The standard InChI is InChI=1S/C17H31N7.HI/c1-3-16-22-21-13-24(16)10-8-19-17(18-4-2)20-11-14-7-9-23(12-14)15-5-6-15;/h13-15H,3-12H2,1-2H3,(H2,18,19,20);1H. The number of hydrogen-bond acceptors (Lipinski definition) is 4. The van der Waals surface area contributed by atoms with Gasteiger partial charge in [-0.3, -0.25) is 4.99 Å². The van der Waals surface area contributed by atoms with Crippen molar-refractivity contribution in [3.8, 4) is 0 Å². The van der Waals surface area contributed by atoms with Gasteiger partial charge in [0.15, 0.2) is 5.96 Å². The van der Waals surface area contributed by atoms with Crippen molar-refractivity contribution in [2.45, 2.75) is 52.1 Å². The van der Waals surface area contributed by atoms with Gasteiger partial charge >= 0.3 is 0 Å². The molecule has 1 aliphatic heterocycles. The molecule has 1 aliphatic carbocycles. The minimum atomic E-state index is 0.